The van der Waals surface area contributed by atoms with Crippen molar-refractivity contribution >= 4 is 23.2 Å². The summed E-state index contributed by atoms with van der Waals surface area (Å²) in [5.74, 6) is -0.535. The summed E-state index contributed by atoms with van der Waals surface area (Å²) >= 11 is 0. The SMILES string of the molecule is CC(C)(C)C1=CC(=Nc2cccc(OCC(=O)O)c2)C=C(C(C)(C)C)C1=O. The summed E-state index contributed by atoms with van der Waals surface area (Å²) in [5, 5.41) is 8.74. The van der Waals surface area contributed by atoms with Crippen molar-refractivity contribution in [2.45, 2.75) is 41.5 Å². The Morgan fingerprint density at radius 2 is 1.59 bits per heavy atom. The molecule has 0 aromatic heterocycles. The maximum Gasteiger partial charge on any atom is 0.341 e. The predicted octanol–water partition coefficient (Wildman–Crippen LogP) is 4.75. The molecule has 0 heterocycles. The van der Waals surface area contributed by atoms with E-state index in [0.29, 0.717) is 17.1 Å². The van der Waals surface area contributed by atoms with Crippen molar-refractivity contribution in [2.24, 2.45) is 15.8 Å². The van der Waals surface area contributed by atoms with Gasteiger partial charge in [-0.3, -0.25) is 4.79 Å². The van der Waals surface area contributed by atoms with Crippen LogP contribution in [-0.2, 0) is 9.59 Å². The zero-order valence-electron chi connectivity index (χ0n) is 16.8. The van der Waals surface area contributed by atoms with Gasteiger partial charge in [0.25, 0.3) is 0 Å². The molecule has 0 saturated heterocycles. The van der Waals surface area contributed by atoms with Gasteiger partial charge in [0.15, 0.2) is 12.4 Å². The highest BCUT2D eigenvalue weighted by Crippen LogP contribution is 2.37. The van der Waals surface area contributed by atoms with Gasteiger partial charge in [0.2, 0.25) is 0 Å². The number of allylic oxidation sites excluding steroid dienone is 4. The Labute approximate surface area is 160 Å². The van der Waals surface area contributed by atoms with Crippen LogP contribution >= 0.6 is 0 Å². The summed E-state index contributed by atoms with van der Waals surface area (Å²) < 4.78 is 5.21. The Kier molecular flexibility index (Phi) is 5.73. The number of Topliss-reactive ketones (excluding diaryl/α,β-unsaturated/α-hetero) is 1. The fourth-order valence-corrected chi connectivity index (χ4v) is 2.73. The van der Waals surface area contributed by atoms with Crippen LogP contribution in [-0.4, -0.2) is 29.2 Å². The fraction of sp³-hybridized carbons (Fsp3) is 0.409. The molecule has 0 amide bonds. The molecule has 0 atom stereocenters. The number of hydrogen-bond acceptors (Lipinski definition) is 4. The molecular formula is C22H27NO4. The number of nitrogens with zero attached hydrogens (tertiary/aromatic N) is 1. The number of ketones is 1. The number of benzene rings is 1. The molecule has 0 saturated carbocycles. The van der Waals surface area contributed by atoms with Gasteiger partial charge in [0, 0.05) is 17.2 Å². The van der Waals surface area contributed by atoms with Gasteiger partial charge in [-0.1, -0.05) is 47.6 Å². The Morgan fingerprint density at radius 3 is 2.07 bits per heavy atom. The van der Waals surface area contributed by atoms with Crippen LogP contribution in [0.1, 0.15) is 41.5 Å². The lowest BCUT2D eigenvalue weighted by atomic mass is 9.72. The molecule has 1 aliphatic rings. The molecule has 1 aromatic rings. The molecule has 1 aromatic carbocycles. The summed E-state index contributed by atoms with van der Waals surface area (Å²) in [7, 11) is 0. The Bertz CT molecular complexity index is 810. The van der Waals surface area contributed by atoms with Gasteiger partial charge in [0.1, 0.15) is 5.75 Å². The normalized spacial score (nSPS) is 15.2. The number of hydrogen-bond donors (Lipinski definition) is 1. The molecule has 0 spiro atoms. The first-order valence-corrected chi connectivity index (χ1v) is 8.90. The molecule has 0 radical (unpaired) electrons. The van der Waals surface area contributed by atoms with E-state index in [-0.39, 0.29) is 16.6 Å². The van der Waals surface area contributed by atoms with Crippen LogP contribution in [0.5, 0.6) is 5.75 Å². The number of ether oxygens (including phenoxy) is 1. The number of carbonyl (C=O) groups is 2. The highest BCUT2D eigenvalue weighted by atomic mass is 16.5. The van der Waals surface area contributed by atoms with Crippen molar-refractivity contribution in [1.82, 2.24) is 0 Å². The van der Waals surface area contributed by atoms with E-state index in [1.807, 2.05) is 59.8 Å². The summed E-state index contributed by atoms with van der Waals surface area (Å²) in [6.45, 7) is 11.7. The fourth-order valence-electron chi connectivity index (χ4n) is 2.73. The highest BCUT2D eigenvalue weighted by Gasteiger charge is 2.34. The lowest BCUT2D eigenvalue weighted by Crippen LogP contribution is -2.29. The molecule has 0 fully saturated rings. The minimum absolute atomic E-state index is 0.0625. The van der Waals surface area contributed by atoms with Crippen molar-refractivity contribution in [3.8, 4) is 5.75 Å². The van der Waals surface area contributed by atoms with Crippen LogP contribution in [0.3, 0.4) is 0 Å². The molecule has 1 aliphatic carbocycles. The van der Waals surface area contributed by atoms with Crippen LogP contribution in [0, 0.1) is 10.8 Å². The van der Waals surface area contributed by atoms with Gasteiger partial charge in [-0.15, -0.1) is 0 Å². The quantitative estimate of drug-likeness (QED) is 0.777. The summed E-state index contributed by atoms with van der Waals surface area (Å²) in [4.78, 5) is 28.3. The highest BCUT2D eigenvalue weighted by molar-refractivity contribution is 6.23. The third kappa shape index (κ3) is 5.39. The van der Waals surface area contributed by atoms with Gasteiger partial charge in [-0.25, -0.2) is 9.79 Å². The molecular weight excluding hydrogens is 342 g/mol. The van der Waals surface area contributed by atoms with Gasteiger partial charge in [-0.2, -0.15) is 0 Å². The maximum absolute atomic E-state index is 13.0. The molecule has 5 nitrogen and oxygen atoms in total. The second kappa shape index (κ2) is 7.51. The molecule has 0 aliphatic heterocycles. The Balaban J connectivity index is 2.46. The Hall–Kier alpha value is -2.69. The van der Waals surface area contributed by atoms with Crippen molar-refractivity contribution in [2.75, 3.05) is 6.61 Å². The molecule has 144 valence electrons. The van der Waals surface area contributed by atoms with Gasteiger partial charge >= 0.3 is 5.97 Å². The van der Waals surface area contributed by atoms with E-state index in [4.69, 9.17) is 9.84 Å². The monoisotopic (exact) mass is 369 g/mol. The molecule has 0 bridgehead atoms. The average Bonchev–Trinajstić information content (AvgIpc) is 2.52. The van der Waals surface area contributed by atoms with E-state index < -0.39 is 12.6 Å². The summed E-state index contributed by atoms with van der Waals surface area (Å²) in [5.41, 5.74) is 2.19. The first-order chi connectivity index (χ1) is 12.4. The maximum atomic E-state index is 13.0. The van der Waals surface area contributed by atoms with E-state index in [9.17, 15) is 9.59 Å². The van der Waals surface area contributed by atoms with Crippen LogP contribution in [0.15, 0.2) is 52.6 Å². The average molecular weight is 369 g/mol. The van der Waals surface area contributed by atoms with E-state index in [2.05, 4.69) is 4.99 Å². The third-order valence-corrected chi connectivity index (χ3v) is 4.13. The summed E-state index contributed by atoms with van der Waals surface area (Å²) in [6.07, 6.45) is 3.67. The zero-order valence-corrected chi connectivity index (χ0v) is 16.8. The first-order valence-electron chi connectivity index (χ1n) is 8.90. The van der Waals surface area contributed by atoms with E-state index >= 15 is 0 Å². The number of aliphatic carboxylic acids is 1. The predicted molar refractivity (Wildman–Crippen MR) is 107 cm³/mol. The smallest absolute Gasteiger partial charge is 0.341 e. The number of carboxylic acids is 1. The van der Waals surface area contributed by atoms with Crippen LogP contribution in [0.4, 0.5) is 5.69 Å². The van der Waals surface area contributed by atoms with E-state index in [1.54, 1.807) is 18.2 Å². The van der Waals surface area contributed by atoms with Crippen molar-refractivity contribution < 1.29 is 19.4 Å². The van der Waals surface area contributed by atoms with Gasteiger partial charge < -0.3 is 9.84 Å². The van der Waals surface area contributed by atoms with Gasteiger partial charge in [-0.05, 0) is 35.1 Å². The second-order valence-electron chi connectivity index (χ2n) is 8.66. The van der Waals surface area contributed by atoms with E-state index in [0.717, 1.165) is 11.1 Å². The van der Waals surface area contributed by atoms with Crippen LogP contribution < -0.4 is 4.74 Å². The largest absolute Gasteiger partial charge is 0.482 e. The minimum atomic E-state index is -1.03. The van der Waals surface area contributed by atoms with Crippen molar-refractivity contribution in [1.29, 1.82) is 0 Å². The lowest BCUT2D eigenvalue weighted by molar-refractivity contribution is -0.139. The molecule has 27 heavy (non-hydrogen) atoms. The number of carboxylic acid groups (broad SMARTS) is 1. The number of aliphatic imine (C=N–C) groups is 1. The topological polar surface area (TPSA) is 76.0 Å². The second-order valence-corrected chi connectivity index (χ2v) is 8.66. The van der Waals surface area contributed by atoms with Crippen molar-refractivity contribution in [3.05, 3.63) is 47.6 Å². The number of carbonyl (C=O) groups excluding carboxylic acids is 1. The van der Waals surface area contributed by atoms with Gasteiger partial charge in [0.05, 0.1) is 11.4 Å². The summed E-state index contributed by atoms with van der Waals surface area (Å²) in [6, 6.07) is 6.94. The molecule has 5 heteroatoms. The number of rotatable bonds is 4. The van der Waals surface area contributed by atoms with Crippen LogP contribution in [0.25, 0.3) is 0 Å². The lowest BCUT2D eigenvalue weighted by Gasteiger charge is -2.31. The minimum Gasteiger partial charge on any atom is -0.482 e. The van der Waals surface area contributed by atoms with E-state index in [1.165, 1.54) is 0 Å². The standard InChI is InChI=1S/C22H27NO4/c1-21(2,3)17-11-15(12-18(20(17)26)22(4,5)6)23-14-8-7-9-16(10-14)27-13-19(24)25/h7-12H,13H2,1-6H3,(H,24,25). The molecule has 1 N–H and O–H groups in total. The molecule has 0 unspecified atom stereocenters. The zero-order chi connectivity index (χ0) is 20.4. The third-order valence-electron chi connectivity index (χ3n) is 4.13. The Morgan fingerprint density at radius 1 is 1.04 bits per heavy atom. The molecule has 2 rings (SSSR count). The first kappa shape index (κ1) is 20.6. The van der Waals surface area contributed by atoms with Crippen LogP contribution in [0.2, 0.25) is 0 Å². The van der Waals surface area contributed by atoms with Crippen molar-refractivity contribution in [3.63, 3.8) is 0 Å².